The molecule has 26 heavy (non-hydrogen) atoms. The third kappa shape index (κ3) is 16.1. The van der Waals surface area contributed by atoms with Crippen molar-refractivity contribution < 1.29 is 19.5 Å². The van der Waals surface area contributed by atoms with Gasteiger partial charge in [-0.3, -0.25) is 9.59 Å². The summed E-state index contributed by atoms with van der Waals surface area (Å²) in [6.07, 6.45) is 18.3. The third-order valence-corrected chi connectivity index (χ3v) is 4.68. The predicted molar refractivity (Wildman–Crippen MR) is 105 cm³/mol. The van der Waals surface area contributed by atoms with Crippen LogP contribution in [0, 0.1) is 0 Å². The number of hydrogen-bond donors (Lipinski definition) is 2. The number of nitrogens with one attached hydrogen (secondary N) is 1. The summed E-state index contributed by atoms with van der Waals surface area (Å²) in [5.41, 5.74) is 0. The van der Waals surface area contributed by atoms with Crippen LogP contribution in [-0.2, 0) is 14.4 Å². The van der Waals surface area contributed by atoms with Gasteiger partial charge < -0.3 is 10.4 Å². The largest absolute Gasteiger partial charge is 0.480 e. The fraction of sp³-hybridized carbons (Fsp3) is 0.857. The van der Waals surface area contributed by atoms with Gasteiger partial charge in [-0.25, -0.2) is 4.79 Å². The molecule has 0 rings (SSSR count). The highest BCUT2D eigenvalue weighted by molar-refractivity contribution is 5.83. The minimum absolute atomic E-state index is 0.0238. The minimum Gasteiger partial charge on any atom is -0.480 e. The van der Waals surface area contributed by atoms with E-state index < -0.39 is 12.0 Å². The highest BCUT2D eigenvalue weighted by atomic mass is 16.4. The first kappa shape index (κ1) is 24.6. The summed E-state index contributed by atoms with van der Waals surface area (Å²) in [5.74, 6) is -1.34. The monoisotopic (exact) mass is 368 g/mol. The lowest BCUT2D eigenvalue weighted by molar-refractivity contribution is -0.142. The van der Waals surface area contributed by atoms with Crippen molar-refractivity contribution in [1.29, 1.82) is 0 Å². The smallest absolute Gasteiger partial charge is 0.326 e. The zero-order valence-electron chi connectivity index (χ0n) is 16.6. The first-order valence-corrected chi connectivity index (χ1v) is 10.5. The average Bonchev–Trinajstić information content (AvgIpc) is 2.62. The molecule has 0 aliphatic heterocycles. The zero-order chi connectivity index (χ0) is 19.5. The van der Waals surface area contributed by atoms with Gasteiger partial charge in [0.2, 0.25) is 5.91 Å². The Kier molecular flexibility index (Phi) is 17.4. The summed E-state index contributed by atoms with van der Waals surface area (Å²) in [4.78, 5) is 32.9. The van der Waals surface area contributed by atoms with Crippen molar-refractivity contribution in [2.24, 2.45) is 0 Å². The topological polar surface area (TPSA) is 83.5 Å². The summed E-state index contributed by atoms with van der Waals surface area (Å²) < 4.78 is 0. The van der Waals surface area contributed by atoms with Crippen molar-refractivity contribution in [1.82, 2.24) is 5.32 Å². The quantitative estimate of drug-likeness (QED) is 0.317. The predicted octanol–water partition coefficient (Wildman–Crippen LogP) is 4.93. The number of rotatable bonds is 19. The van der Waals surface area contributed by atoms with Crippen LogP contribution in [0.15, 0.2) is 0 Å². The molecule has 0 saturated heterocycles. The molecule has 0 aromatic rings. The maximum Gasteiger partial charge on any atom is 0.326 e. The zero-order valence-corrected chi connectivity index (χ0v) is 16.6. The Hall–Kier alpha value is -1.39. The Bertz CT molecular complexity index is 371. The van der Waals surface area contributed by atoms with Gasteiger partial charge in [-0.05, 0) is 12.8 Å². The lowest BCUT2D eigenvalue weighted by Crippen LogP contribution is -2.40. The summed E-state index contributed by atoms with van der Waals surface area (Å²) in [6.45, 7) is 2.24. The number of carbonyl (C=O) groups is 2. The van der Waals surface area contributed by atoms with Crippen molar-refractivity contribution >= 4 is 18.2 Å². The molecule has 5 nitrogen and oxygen atoms in total. The Morgan fingerprint density at radius 2 is 1.31 bits per heavy atom. The minimum atomic E-state index is -1.10. The summed E-state index contributed by atoms with van der Waals surface area (Å²) in [7, 11) is 0. The van der Waals surface area contributed by atoms with Crippen LogP contribution in [0.4, 0.5) is 0 Å². The SMILES string of the molecule is CCCCCCCCCCCCCCCC(=O)NC(CC[C]=O)C(=O)O. The molecule has 0 aromatic carbocycles. The molecule has 0 aliphatic carbocycles. The number of unbranched alkanes of at least 4 members (excludes halogenated alkanes) is 12. The van der Waals surface area contributed by atoms with Gasteiger partial charge in [-0.2, -0.15) is 0 Å². The van der Waals surface area contributed by atoms with Crippen LogP contribution >= 0.6 is 0 Å². The molecule has 151 valence electrons. The number of amides is 1. The maximum absolute atomic E-state index is 11.7. The molecule has 1 unspecified atom stereocenters. The van der Waals surface area contributed by atoms with E-state index in [1.54, 1.807) is 6.29 Å². The van der Waals surface area contributed by atoms with Gasteiger partial charge in [0.15, 0.2) is 6.29 Å². The van der Waals surface area contributed by atoms with Gasteiger partial charge in [-0.1, -0.05) is 84.0 Å². The number of carboxylic acids is 1. The van der Waals surface area contributed by atoms with E-state index in [4.69, 9.17) is 5.11 Å². The fourth-order valence-corrected chi connectivity index (χ4v) is 3.03. The van der Waals surface area contributed by atoms with Crippen LogP contribution in [0.2, 0.25) is 0 Å². The first-order valence-electron chi connectivity index (χ1n) is 10.5. The van der Waals surface area contributed by atoms with Gasteiger partial charge in [0.1, 0.15) is 6.04 Å². The van der Waals surface area contributed by atoms with E-state index in [1.165, 1.54) is 64.2 Å². The van der Waals surface area contributed by atoms with Crippen LogP contribution < -0.4 is 5.32 Å². The third-order valence-electron chi connectivity index (χ3n) is 4.68. The number of carbonyl (C=O) groups excluding carboxylic acids is 2. The van der Waals surface area contributed by atoms with E-state index in [1.807, 2.05) is 0 Å². The van der Waals surface area contributed by atoms with Gasteiger partial charge in [0, 0.05) is 12.8 Å². The normalized spacial score (nSPS) is 11.9. The summed E-state index contributed by atoms with van der Waals surface area (Å²) in [6, 6.07) is -0.981. The second-order valence-corrected chi connectivity index (χ2v) is 7.13. The lowest BCUT2D eigenvalue weighted by Gasteiger charge is -2.12. The van der Waals surface area contributed by atoms with Gasteiger partial charge in [0.25, 0.3) is 0 Å². The van der Waals surface area contributed by atoms with Gasteiger partial charge >= 0.3 is 5.97 Å². The van der Waals surface area contributed by atoms with E-state index in [-0.39, 0.29) is 18.7 Å². The van der Waals surface area contributed by atoms with Crippen molar-refractivity contribution in [3.05, 3.63) is 0 Å². The molecule has 0 spiro atoms. The van der Waals surface area contributed by atoms with Crippen molar-refractivity contribution in [3.8, 4) is 0 Å². The highest BCUT2D eigenvalue weighted by Gasteiger charge is 2.18. The molecule has 1 amide bonds. The van der Waals surface area contributed by atoms with Crippen LogP contribution in [0.25, 0.3) is 0 Å². The fourth-order valence-electron chi connectivity index (χ4n) is 3.03. The average molecular weight is 369 g/mol. The molecule has 0 bridgehead atoms. The molecule has 0 aliphatic rings. The number of hydrogen-bond acceptors (Lipinski definition) is 3. The Labute approximate surface area is 159 Å². The van der Waals surface area contributed by atoms with E-state index in [9.17, 15) is 14.4 Å². The number of carboxylic acid groups (broad SMARTS) is 1. The molecular formula is C21H38NO4. The lowest BCUT2D eigenvalue weighted by atomic mass is 10.0. The van der Waals surface area contributed by atoms with Crippen LogP contribution in [-0.4, -0.2) is 29.3 Å². The Morgan fingerprint density at radius 3 is 1.73 bits per heavy atom. The number of aliphatic carboxylic acids is 1. The van der Waals surface area contributed by atoms with Crippen molar-refractivity contribution in [2.75, 3.05) is 0 Å². The first-order chi connectivity index (χ1) is 12.6. The van der Waals surface area contributed by atoms with Crippen LogP contribution in [0.3, 0.4) is 0 Å². The highest BCUT2D eigenvalue weighted by Crippen LogP contribution is 2.13. The molecule has 0 fully saturated rings. The standard InChI is InChI=1S/C21H38NO4/c1-2-3-4-5-6-7-8-9-10-11-12-13-14-17-20(24)22-19(21(25)26)16-15-18-23/h19H,2-17H2,1H3,(H,22,24)(H,25,26). The maximum atomic E-state index is 11.7. The van der Waals surface area contributed by atoms with Gasteiger partial charge in [0.05, 0.1) is 0 Å². The van der Waals surface area contributed by atoms with E-state index in [2.05, 4.69) is 12.2 Å². The molecule has 1 atom stereocenters. The van der Waals surface area contributed by atoms with Crippen LogP contribution in [0.1, 0.15) is 110 Å². The molecule has 0 aromatic heterocycles. The van der Waals surface area contributed by atoms with Gasteiger partial charge in [-0.15, -0.1) is 0 Å². The van der Waals surface area contributed by atoms with Crippen LogP contribution in [0.5, 0.6) is 0 Å². The molecular weight excluding hydrogens is 330 g/mol. The van der Waals surface area contributed by atoms with E-state index >= 15 is 0 Å². The Balaban J connectivity index is 3.44. The van der Waals surface area contributed by atoms with Crippen molar-refractivity contribution in [2.45, 2.75) is 116 Å². The summed E-state index contributed by atoms with van der Waals surface area (Å²) in [5, 5.41) is 11.5. The van der Waals surface area contributed by atoms with E-state index in [0.29, 0.717) is 6.42 Å². The second kappa shape index (κ2) is 18.4. The molecule has 2 N–H and O–H groups in total. The Morgan fingerprint density at radius 1 is 0.846 bits per heavy atom. The summed E-state index contributed by atoms with van der Waals surface area (Å²) >= 11 is 0. The molecule has 5 heteroatoms. The molecule has 0 heterocycles. The molecule has 0 saturated carbocycles. The van der Waals surface area contributed by atoms with E-state index in [0.717, 1.165) is 19.3 Å². The van der Waals surface area contributed by atoms with Crippen molar-refractivity contribution in [3.63, 3.8) is 0 Å². The molecule has 1 radical (unpaired) electrons. The second-order valence-electron chi connectivity index (χ2n) is 7.13.